The summed E-state index contributed by atoms with van der Waals surface area (Å²) in [6.45, 7) is 3.09. The van der Waals surface area contributed by atoms with Gasteiger partial charge in [-0.05, 0) is 12.5 Å². The fourth-order valence-electron chi connectivity index (χ4n) is 2.35. The first kappa shape index (κ1) is 15.9. The molecule has 116 valence electrons. The normalized spacial score (nSPS) is 18.5. The van der Waals surface area contributed by atoms with Crippen LogP contribution >= 0.6 is 0 Å². The van der Waals surface area contributed by atoms with Gasteiger partial charge in [-0.2, -0.15) is 4.31 Å². The van der Waals surface area contributed by atoms with E-state index in [1.54, 1.807) is 24.0 Å². The van der Waals surface area contributed by atoms with Gasteiger partial charge in [0.1, 0.15) is 0 Å². The summed E-state index contributed by atoms with van der Waals surface area (Å²) in [5, 5.41) is 0. The van der Waals surface area contributed by atoms with Gasteiger partial charge in [0.2, 0.25) is 15.9 Å². The zero-order valence-corrected chi connectivity index (χ0v) is 12.9. The molecule has 1 saturated heterocycles. The van der Waals surface area contributed by atoms with E-state index in [-0.39, 0.29) is 11.7 Å². The number of benzene rings is 1. The molecule has 1 amide bonds. The smallest absolute Gasteiger partial charge is 0.239 e. The topological polar surface area (TPSA) is 83.7 Å². The molecular weight excluding hydrogens is 290 g/mol. The minimum atomic E-state index is -3.34. The van der Waals surface area contributed by atoms with Gasteiger partial charge in [-0.25, -0.2) is 8.42 Å². The van der Waals surface area contributed by atoms with E-state index in [1.165, 1.54) is 4.31 Å². The Bertz CT molecular complexity index is 579. The number of nitrogens with zero attached hydrogens (tertiary/aromatic N) is 2. The number of amides is 1. The van der Waals surface area contributed by atoms with Crippen molar-refractivity contribution in [3.05, 3.63) is 35.9 Å². The predicted molar refractivity (Wildman–Crippen MR) is 80.9 cm³/mol. The molecule has 1 unspecified atom stereocenters. The number of hydrogen-bond donors (Lipinski definition) is 1. The maximum Gasteiger partial charge on any atom is 0.239 e. The molecule has 2 N–H and O–H groups in total. The summed E-state index contributed by atoms with van der Waals surface area (Å²) in [6, 6.07) is 8.56. The average molecular weight is 311 g/mol. The molecular formula is C14H21N3O3S. The standard InChI is InChI=1S/C14H21N3O3S/c1-12(15)14(18)16-7-9-17(10-8-16)21(19,20)11-13-5-3-2-4-6-13/h2-6,12H,7-11,15H2,1H3. The monoisotopic (exact) mass is 311 g/mol. The number of rotatable bonds is 4. The number of carbonyl (C=O) groups excluding carboxylic acids is 1. The second kappa shape index (κ2) is 6.55. The van der Waals surface area contributed by atoms with E-state index >= 15 is 0 Å². The van der Waals surface area contributed by atoms with Gasteiger partial charge in [0.15, 0.2) is 0 Å². The molecule has 0 aromatic heterocycles. The van der Waals surface area contributed by atoms with E-state index in [0.29, 0.717) is 26.2 Å². The summed E-state index contributed by atoms with van der Waals surface area (Å²) in [4.78, 5) is 13.4. The van der Waals surface area contributed by atoms with Gasteiger partial charge >= 0.3 is 0 Å². The molecule has 0 aliphatic carbocycles. The Kier molecular flexibility index (Phi) is 4.97. The van der Waals surface area contributed by atoms with Crippen molar-refractivity contribution >= 4 is 15.9 Å². The van der Waals surface area contributed by atoms with Gasteiger partial charge in [-0.1, -0.05) is 30.3 Å². The summed E-state index contributed by atoms with van der Waals surface area (Å²) in [7, 11) is -3.34. The molecule has 0 spiro atoms. The highest BCUT2D eigenvalue weighted by Gasteiger charge is 2.29. The van der Waals surface area contributed by atoms with Crippen molar-refractivity contribution in [3.63, 3.8) is 0 Å². The molecule has 1 aliphatic rings. The highest BCUT2D eigenvalue weighted by atomic mass is 32.2. The van der Waals surface area contributed by atoms with Crippen LogP contribution < -0.4 is 5.73 Å². The van der Waals surface area contributed by atoms with Crippen LogP contribution in [0.2, 0.25) is 0 Å². The van der Waals surface area contributed by atoms with Gasteiger partial charge in [-0.15, -0.1) is 0 Å². The largest absolute Gasteiger partial charge is 0.339 e. The first-order valence-electron chi connectivity index (χ1n) is 6.96. The zero-order valence-electron chi connectivity index (χ0n) is 12.1. The van der Waals surface area contributed by atoms with Crippen molar-refractivity contribution in [2.45, 2.75) is 18.7 Å². The number of hydrogen-bond acceptors (Lipinski definition) is 4. The van der Waals surface area contributed by atoms with Crippen LogP contribution in [0, 0.1) is 0 Å². The summed E-state index contributed by atoms with van der Waals surface area (Å²) in [5.74, 6) is -0.134. The fraction of sp³-hybridized carbons (Fsp3) is 0.500. The molecule has 0 saturated carbocycles. The maximum absolute atomic E-state index is 12.4. The van der Waals surface area contributed by atoms with E-state index in [2.05, 4.69) is 0 Å². The maximum atomic E-state index is 12.4. The highest BCUT2D eigenvalue weighted by molar-refractivity contribution is 7.88. The lowest BCUT2D eigenvalue weighted by Gasteiger charge is -2.34. The Labute approximate surface area is 125 Å². The van der Waals surface area contributed by atoms with Crippen LogP contribution in [0.5, 0.6) is 0 Å². The van der Waals surface area contributed by atoms with Gasteiger partial charge in [0.05, 0.1) is 11.8 Å². The SMILES string of the molecule is CC(N)C(=O)N1CCN(S(=O)(=O)Cc2ccccc2)CC1. The van der Waals surface area contributed by atoms with Crippen molar-refractivity contribution < 1.29 is 13.2 Å². The molecule has 0 radical (unpaired) electrons. The molecule has 2 rings (SSSR count). The second-order valence-electron chi connectivity index (χ2n) is 5.25. The van der Waals surface area contributed by atoms with E-state index in [1.807, 2.05) is 18.2 Å². The third kappa shape index (κ3) is 4.03. The first-order valence-corrected chi connectivity index (χ1v) is 8.57. The average Bonchev–Trinajstić information content (AvgIpc) is 2.47. The van der Waals surface area contributed by atoms with E-state index in [9.17, 15) is 13.2 Å². The number of nitrogens with two attached hydrogens (primary N) is 1. The Morgan fingerprint density at radius 1 is 1.19 bits per heavy atom. The molecule has 1 aromatic carbocycles. The van der Waals surface area contributed by atoms with Crippen LogP contribution in [0.25, 0.3) is 0 Å². The van der Waals surface area contributed by atoms with Crippen molar-refractivity contribution in [2.24, 2.45) is 5.73 Å². The zero-order chi connectivity index (χ0) is 15.5. The number of sulfonamides is 1. The van der Waals surface area contributed by atoms with Crippen molar-refractivity contribution in [1.82, 2.24) is 9.21 Å². The minimum Gasteiger partial charge on any atom is -0.339 e. The van der Waals surface area contributed by atoms with Crippen molar-refractivity contribution in [3.8, 4) is 0 Å². The van der Waals surface area contributed by atoms with Gasteiger partial charge < -0.3 is 10.6 Å². The van der Waals surface area contributed by atoms with Crippen LogP contribution in [0.3, 0.4) is 0 Å². The molecule has 6 nitrogen and oxygen atoms in total. The lowest BCUT2D eigenvalue weighted by molar-refractivity contribution is -0.133. The summed E-state index contributed by atoms with van der Waals surface area (Å²) < 4.78 is 26.2. The van der Waals surface area contributed by atoms with Gasteiger partial charge in [0.25, 0.3) is 0 Å². The highest BCUT2D eigenvalue weighted by Crippen LogP contribution is 2.13. The Morgan fingerprint density at radius 3 is 2.29 bits per heavy atom. The summed E-state index contributed by atoms with van der Waals surface area (Å²) in [5.41, 5.74) is 6.34. The number of piperazine rings is 1. The molecule has 1 aromatic rings. The Hall–Kier alpha value is -1.44. The van der Waals surface area contributed by atoms with Crippen LogP contribution in [-0.4, -0.2) is 55.8 Å². The van der Waals surface area contributed by atoms with Crippen LogP contribution in [0.4, 0.5) is 0 Å². The third-order valence-corrected chi connectivity index (χ3v) is 5.38. The molecule has 21 heavy (non-hydrogen) atoms. The quantitative estimate of drug-likeness (QED) is 0.849. The van der Waals surface area contributed by atoms with Crippen LogP contribution in [0.1, 0.15) is 12.5 Å². The fourth-order valence-corrected chi connectivity index (χ4v) is 3.87. The first-order chi connectivity index (χ1) is 9.90. The molecule has 7 heteroatoms. The molecule has 0 bridgehead atoms. The van der Waals surface area contributed by atoms with E-state index < -0.39 is 16.1 Å². The Morgan fingerprint density at radius 2 is 1.76 bits per heavy atom. The lowest BCUT2D eigenvalue weighted by Crippen LogP contribution is -2.53. The van der Waals surface area contributed by atoms with Crippen molar-refractivity contribution in [2.75, 3.05) is 26.2 Å². The van der Waals surface area contributed by atoms with Crippen molar-refractivity contribution in [1.29, 1.82) is 0 Å². The molecule has 1 fully saturated rings. The van der Waals surface area contributed by atoms with Crippen LogP contribution in [-0.2, 0) is 20.6 Å². The Balaban J connectivity index is 1.96. The third-order valence-electron chi connectivity index (χ3n) is 3.53. The summed E-state index contributed by atoms with van der Waals surface area (Å²) >= 11 is 0. The van der Waals surface area contributed by atoms with Gasteiger partial charge in [-0.3, -0.25) is 4.79 Å². The van der Waals surface area contributed by atoms with E-state index in [4.69, 9.17) is 5.73 Å². The van der Waals surface area contributed by atoms with Crippen LogP contribution in [0.15, 0.2) is 30.3 Å². The molecule has 1 heterocycles. The lowest BCUT2D eigenvalue weighted by atomic mass is 10.2. The predicted octanol–water partition coefficient (Wildman–Crippen LogP) is 0.00780. The molecule has 1 atom stereocenters. The summed E-state index contributed by atoms with van der Waals surface area (Å²) in [6.07, 6.45) is 0. The molecule has 1 aliphatic heterocycles. The second-order valence-corrected chi connectivity index (χ2v) is 7.22. The number of carbonyl (C=O) groups is 1. The van der Waals surface area contributed by atoms with E-state index in [0.717, 1.165) is 5.56 Å². The van der Waals surface area contributed by atoms with Gasteiger partial charge in [0, 0.05) is 26.2 Å². The minimum absolute atomic E-state index is 0.00488.